The highest BCUT2D eigenvalue weighted by Crippen LogP contribution is 2.13. The van der Waals surface area contributed by atoms with Gasteiger partial charge in [-0.05, 0) is 22.9 Å². The number of nitrogens with one attached hydrogen (secondary N) is 1. The van der Waals surface area contributed by atoms with Crippen molar-refractivity contribution in [2.24, 2.45) is 0 Å². The summed E-state index contributed by atoms with van der Waals surface area (Å²) < 4.78 is 1.04. The van der Waals surface area contributed by atoms with Crippen LogP contribution in [0.4, 0.5) is 0 Å². The molecule has 0 aliphatic carbocycles. The van der Waals surface area contributed by atoms with Crippen molar-refractivity contribution in [1.82, 2.24) is 5.43 Å². The molecule has 100 valence electrons. The molecule has 2 amide bonds. The molecule has 6 heteroatoms. The number of hydrogen-bond acceptors (Lipinski definition) is 4. The van der Waals surface area contributed by atoms with Gasteiger partial charge in [0.15, 0.2) is 6.29 Å². The highest BCUT2D eigenvalue weighted by Gasteiger charge is 2.35. The van der Waals surface area contributed by atoms with Gasteiger partial charge in [0.1, 0.15) is 5.56 Å². The summed E-state index contributed by atoms with van der Waals surface area (Å²) in [4.78, 5) is 45.2. The number of nitrogens with zero attached hydrogens (tertiary/aromatic N) is 1. The second kappa shape index (κ2) is 5.40. The van der Waals surface area contributed by atoms with Gasteiger partial charge in [-0.1, -0.05) is 12.1 Å². The Morgan fingerprint density at radius 1 is 1.15 bits per heavy atom. The van der Waals surface area contributed by atoms with E-state index in [0.29, 0.717) is 11.3 Å². The van der Waals surface area contributed by atoms with Crippen molar-refractivity contribution in [1.29, 1.82) is 0 Å². The number of fused-ring (bicyclic) bond motifs is 1. The van der Waals surface area contributed by atoms with E-state index in [0.717, 1.165) is 10.8 Å². The number of hydrazine groups is 1. The van der Waals surface area contributed by atoms with Crippen molar-refractivity contribution >= 4 is 29.6 Å². The minimum absolute atomic E-state index is 0.162. The van der Waals surface area contributed by atoms with E-state index in [2.05, 4.69) is 5.43 Å². The van der Waals surface area contributed by atoms with Crippen molar-refractivity contribution < 1.29 is 23.9 Å². The molecule has 6 nitrogen and oxygen atoms in total. The average Bonchev–Trinajstić information content (AvgIpc) is 2.48. The first kappa shape index (κ1) is 13.5. The number of carbonyl (C=O) groups is 4. The first-order chi connectivity index (χ1) is 9.54. The third kappa shape index (κ3) is 2.44. The molecule has 0 radical (unpaired) electrons. The molecule has 0 fully saturated rings. The molecule has 0 atom stereocenters. The molecular weight excluding hydrogens is 260 g/mol. The number of carbonyl (C=O) groups excluding carboxylic acids is 4. The first-order valence-electron chi connectivity index (χ1n) is 5.80. The summed E-state index contributed by atoms with van der Waals surface area (Å²) in [6.07, 6.45) is 2.49. The van der Waals surface area contributed by atoms with E-state index >= 15 is 0 Å². The molecule has 0 aromatic heterocycles. The van der Waals surface area contributed by atoms with Crippen LogP contribution < -0.4 is 5.43 Å². The zero-order valence-electron chi connectivity index (χ0n) is 10.6. The van der Waals surface area contributed by atoms with E-state index in [1.54, 1.807) is 31.2 Å². The number of benzene rings is 1. The molecular formula is C14H11N2O4+. The summed E-state index contributed by atoms with van der Waals surface area (Å²) in [5.74, 6) is -1.53. The van der Waals surface area contributed by atoms with Crippen molar-refractivity contribution in [2.75, 3.05) is 0 Å². The lowest BCUT2D eigenvalue weighted by Crippen LogP contribution is -2.46. The quantitative estimate of drug-likeness (QED) is 0.370. The van der Waals surface area contributed by atoms with E-state index < -0.39 is 17.6 Å². The Kier molecular flexibility index (Phi) is 3.65. The van der Waals surface area contributed by atoms with Crippen LogP contribution in [0.2, 0.25) is 0 Å². The fraction of sp³-hybridized carbons (Fsp3) is 0.0714. The van der Waals surface area contributed by atoms with Crippen LogP contribution in [0.1, 0.15) is 27.6 Å². The molecule has 1 aliphatic heterocycles. The maximum Gasteiger partial charge on any atom is 0.448 e. The van der Waals surface area contributed by atoms with Crippen molar-refractivity contribution in [3.8, 4) is 0 Å². The number of aldehydes is 1. The highest BCUT2D eigenvalue weighted by atomic mass is 16.2. The number of amides is 2. The van der Waals surface area contributed by atoms with Gasteiger partial charge in [0, 0.05) is 13.0 Å². The smallest absolute Gasteiger partial charge is 0.294 e. The van der Waals surface area contributed by atoms with E-state index in [-0.39, 0.29) is 11.8 Å². The van der Waals surface area contributed by atoms with Gasteiger partial charge in [0.2, 0.25) is 11.5 Å². The van der Waals surface area contributed by atoms with Gasteiger partial charge in [-0.3, -0.25) is 14.4 Å². The average molecular weight is 271 g/mol. The minimum atomic E-state index is -0.722. The monoisotopic (exact) mass is 271 g/mol. The molecule has 1 aromatic rings. The van der Waals surface area contributed by atoms with Gasteiger partial charge < -0.3 is 0 Å². The Hall–Kier alpha value is -2.89. The number of allylic oxidation sites excluding steroid dienone is 2. The van der Waals surface area contributed by atoms with E-state index in [9.17, 15) is 19.2 Å². The largest absolute Gasteiger partial charge is 0.448 e. The zero-order chi connectivity index (χ0) is 14.7. The third-order valence-electron chi connectivity index (χ3n) is 2.78. The number of hydrogen-bond donors (Lipinski definition) is 1. The van der Waals surface area contributed by atoms with Crippen molar-refractivity contribution in [3.63, 3.8) is 0 Å². The summed E-state index contributed by atoms with van der Waals surface area (Å²) in [7, 11) is 0. The van der Waals surface area contributed by atoms with Gasteiger partial charge in [-0.15, -0.1) is 5.43 Å². The van der Waals surface area contributed by atoms with E-state index in [1.165, 1.54) is 6.08 Å². The standard InChI is InChI=1S/C14H10N2O4/c1-9(6-7-10(18)8-17)16-14(20)12-5-3-2-4-11(12)13(19)15-16/h2-8H,1H3/p+1. The molecule has 0 bridgehead atoms. The lowest BCUT2D eigenvalue weighted by atomic mass is 10.0. The summed E-state index contributed by atoms with van der Waals surface area (Å²) >= 11 is 0. The third-order valence-corrected chi connectivity index (χ3v) is 2.78. The van der Waals surface area contributed by atoms with Gasteiger partial charge in [0.05, 0.1) is 5.56 Å². The fourth-order valence-electron chi connectivity index (χ4n) is 1.77. The molecule has 0 saturated carbocycles. The molecule has 0 saturated heterocycles. The normalized spacial score (nSPS) is 16.6. The Balaban J connectivity index is 2.43. The van der Waals surface area contributed by atoms with Crippen LogP contribution in [0.5, 0.6) is 0 Å². The van der Waals surface area contributed by atoms with Gasteiger partial charge >= 0.3 is 11.8 Å². The van der Waals surface area contributed by atoms with Crippen LogP contribution >= 0.6 is 0 Å². The molecule has 0 spiro atoms. The molecule has 0 unspecified atom stereocenters. The molecule has 1 N–H and O–H groups in total. The first-order valence-corrected chi connectivity index (χ1v) is 5.80. The topological polar surface area (TPSA) is 83.3 Å². The Bertz CT molecular complexity index is 686. The molecule has 1 aliphatic rings. The van der Waals surface area contributed by atoms with Gasteiger partial charge in [-0.2, -0.15) is 0 Å². The predicted molar refractivity (Wildman–Crippen MR) is 69.4 cm³/mol. The van der Waals surface area contributed by atoms with Crippen LogP contribution in [0.15, 0.2) is 36.4 Å². The van der Waals surface area contributed by atoms with Crippen LogP contribution in [0.25, 0.3) is 0 Å². The van der Waals surface area contributed by atoms with E-state index in [1.807, 2.05) is 0 Å². The molecule has 2 rings (SSSR count). The Morgan fingerprint density at radius 3 is 2.45 bits per heavy atom. The van der Waals surface area contributed by atoms with Crippen LogP contribution in [-0.2, 0) is 9.59 Å². The number of hydrazone groups is 1. The molecule has 1 heterocycles. The summed E-state index contributed by atoms with van der Waals surface area (Å²) in [6, 6.07) is 6.44. The Morgan fingerprint density at radius 2 is 1.80 bits per heavy atom. The highest BCUT2D eigenvalue weighted by molar-refractivity contribution is 6.31. The lowest BCUT2D eigenvalue weighted by molar-refractivity contribution is -0.478. The van der Waals surface area contributed by atoms with Crippen molar-refractivity contribution in [3.05, 3.63) is 47.5 Å². The minimum Gasteiger partial charge on any atom is -0.294 e. The summed E-state index contributed by atoms with van der Waals surface area (Å²) in [6.45, 7) is 1.54. The van der Waals surface area contributed by atoms with Crippen LogP contribution in [0.3, 0.4) is 0 Å². The predicted octanol–water partition coefficient (Wildman–Crippen LogP) is 0.283. The Labute approximate surface area is 114 Å². The molecule has 20 heavy (non-hydrogen) atoms. The van der Waals surface area contributed by atoms with Gasteiger partial charge in [-0.25, -0.2) is 4.79 Å². The second-order valence-corrected chi connectivity index (χ2v) is 4.12. The zero-order valence-corrected chi connectivity index (χ0v) is 10.6. The van der Waals surface area contributed by atoms with Crippen molar-refractivity contribution in [2.45, 2.75) is 6.92 Å². The lowest BCUT2D eigenvalue weighted by Gasteiger charge is -2.12. The van der Waals surface area contributed by atoms with Crippen LogP contribution in [-0.4, -0.2) is 34.3 Å². The maximum atomic E-state index is 12.2. The maximum absolute atomic E-state index is 12.2. The second-order valence-electron chi connectivity index (χ2n) is 4.12. The number of ketones is 1. The summed E-state index contributed by atoms with van der Waals surface area (Å²) in [5.41, 5.74) is 3.33. The number of rotatable bonds is 3. The fourth-order valence-corrected chi connectivity index (χ4v) is 1.77. The van der Waals surface area contributed by atoms with E-state index in [4.69, 9.17) is 0 Å². The summed E-state index contributed by atoms with van der Waals surface area (Å²) in [5, 5.41) is 0. The van der Waals surface area contributed by atoms with Crippen LogP contribution in [0, 0.1) is 0 Å². The molecule has 1 aromatic carbocycles. The van der Waals surface area contributed by atoms with Gasteiger partial charge in [0.25, 0.3) is 0 Å². The SMILES string of the molecule is CC(/C=C\C(=O)C=O)=[N+]1/NC(=O)c2ccccc2C1=O.